The Balaban J connectivity index is 2.02. The summed E-state index contributed by atoms with van der Waals surface area (Å²) in [4.78, 5) is 8.40. The van der Waals surface area contributed by atoms with Crippen molar-refractivity contribution in [1.82, 2.24) is 19.5 Å². The van der Waals surface area contributed by atoms with E-state index in [0.717, 1.165) is 5.69 Å². The zero-order valence-corrected chi connectivity index (χ0v) is 11.4. The molecule has 0 unspecified atom stereocenters. The minimum Gasteiger partial charge on any atom is -0.389 e. The first-order chi connectivity index (χ1) is 9.15. The summed E-state index contributed by atoms with van der Waals surface area (Å²) in [7, 11) is 0. The lowest BCUT2D eigenvalue weighted by atomic mass is 10.2. The minimum absolute atomic E-state index is 0.343. The van der Waals surface area contributed by atoms with Crippen molar-refractivity contribution in [1.29, 1.82) is 0 Å². The van der Waals surface area contributed by atoms with Gasteiger partial charge in [0.2, 0.25) is 5.82 Å². The molecule has 0 aliphatic rings. The van der Waals surface area contributed by atoms with Crippen LogP contribution in [0.15, 0.2) is 22.9 Å². The molecule has 0 amide bonds. The Morgan fingerprint density at radius 1 is 1.37 bits per heavy atom. The maximum absolute atomic E-state index is 5.84. The highest BCUT2D eigenvalue weighted by molar-refractivity contribution is 7.10. The second-order valence-corrected chi connectivity index (χ2v) is 5.03. The van der Waals surface area contributed by atoms with Gasteiger partial charge in [0.1, 0.15) is 10.7 Å². The molecule has 0 aliphatic carbocycles. The third-order valence-electron chi connectivity index (χ3n) is 2.49. The number of nitrogens with two attached hydrogens (primary N) is 1. The van der Waals surface area contributed by atoms with Crippen molar-refractivity contribution in [3.05, 3.63) is 29.0 Å². The number of nitrogens with zero attached hydrogens (tertiary/aromatic N) is 4. The molecule has 2 N–H and O–H groups in total. The Kier molecular flexibility index (Phi) is 2.92. The molecule has 0 spiro atoms. The number of pyridine rings is 1. The number of hydrogen-bond acceptors (Lipinski definition) is 7. The predicted octanol–water partition coefficient (Wildman–Crippen LogP) is 2.80. The van der Waals surface area contributed by atoms with Crippen LogP contribution in [0.4, 0.5) is 5.00 Å². The lowest BCUT2D eigenvalue weighted by Crippen LogP contribution is -1.87. The summed E-state index contributed by atoms with van der Waals surface area (Å²) in [6.45, 7) is 1.84. The van der Waals surface area contributed by atoms with Gasteiger partial charge in [0.15, 0.2) is 0 Å². The number of aromatic nitrogens is 4. The molecular formula is C11H8ClN5OS. The number of nitrogen functional groups attached to an aromatic ring is 1. The maximum atomic E-state index is 5.84. The monoisotopic (exact) mass is 293 g/mol. The Bertz CT molecular complexity index is 702. The fourth-order valence-electron chi connectivity index (χ4n) is 1.58. The van der Waals surface area contributed by atoms with E-state index in [1.54, 1.807) is 12.1 Å². The molecule has 96 valence electrons. The van der Waals surface area contributed by atoms with Gasteiger partial charge < -0.3 is 10.3 Å². The molecule has 19 heavy (non-hydrogen) atoms. The fourth-order valence-corrected chi connectivity index (χ4v) is 2.35. The second-order valence-electron chi connectivity index (χ2n) is 3.79. The molecule has 0 aliphatic heterocycles. The maximum Gasteiger partial charge on any atom is 0.263 e. The lowest BCUT2D eigenvalue weighted by Gasteiger charge is -1.93. The number of hydrogen-bond donors (Lipinski definition) is 1. The van der Waals surface area contributed by atoms with E-state index >= 15 is 0 Å². The molecule has 3 aromatic heterocycles. The van der Waals surface area contributed by atoms with Gasteiger partial charge >= 0.3 is 0 Å². The Morgan fingerprint density at radius 2 is 2.21 bits per heavy atom. The largest absolute Gasteiger partial charge is 0.389 e. The van der Waals surface area contributed by atoms with Gasteiger partial charge in [-0.25, -0.2) is 0 Å². The van der Waals surface area contributed by atoms with Crippen molar-refractivity contribution in [3.63, 3.8) is 0 Å². The van der Waals surface area contributed by atoms with Crippen molar-refractivity contribution < 1.29 is 4.52 Å². The van der Waals surface area contributed by atoms with E-state index in [0.29, 0.717) is 33.0 Å². The zero-order chi connectivity index (χ0) is 13.4. The summed E-state index contributed by atoms with van der Waals surface area (Å²) < 4.78 is 9.35. The first-order valence-electron chi connectivity index (χ1n) is 5.33. The highest BCUT2D eigenvalue weighted by atomic mass is 35.5. The molecule has 8 heteroatoms. The van der Waals surface area contributed by atoms with Gasteiger partial charge in [-0.2, -0.15) is 9.36 Å². The topological polar surface area (TPSA) is 90.7 Å². The SMILES string of the molecule is Cc1nsc(N)c1-c1nc(-c2ccc(Cl)cn2)no1. The van der Waals surface area contributed by atoms with E-state index in [9.17, 15) is 0 Å². The molecule has 0 radical (unpaired) electrons. The zero-order valence-electron chi connectivity index (χ0n) is 9.79. The van der Waals surface area contributed by atoms with Crippen LogP contribution in [0.5, 0.6) is 0 Å². The third-order valence-corrected chi connectivity index (χ3v) is 3.48. The predicted molar refractivity (Wildman–Crippen MR) is 72.8 cm³/mol. The van der Waals surface area contributed by atoms with Crippen LogP contribution < -0.4 is 5.73 Å². The van der Waals surface area contributed by atoms with Gasteiger partial charge in [0.05, 0.1) is 16.3 Å². The summed E-state index contributed by atoms with van der Waals surface area (Å²) in [6, 6.07) is 3.44. The van der Waals surface area contributed by atoms with Crippen LogP contribution in [0.25, 0.3) is 23.0 Å². The quantitative estimate of drug-likeness (QED) is 0.781. The Labute approximate surface area is 117 Å². The fraction of sp³-hybridized carbons (Fsp3) is 0.0909. The summed E-state index contributed by atoms with van der Waals surface area (Å²) in [5.41, 5.74) is 7.86. The van der Waals surface area contributed by atoms with Gasteiger partial charge in [0.25, 0.3) is 5.89 Å². The third kappa shape index (κ3) is 2.18. The van der Waals surface area contributed by atoms with Gasteiger partial charge in [-0.3, -0.25) is 4.98 Å². The van der Waals surface area contributed by atoms with Crippen LogP contribution in [0, 0.1) is 6.92 Å². The van der Waals surface area contributed by atoms with Crippen molar-refractivity contribution >= 4 is 28.1 Å². The van der Waals surface area contributed by atoms with Crippen LogP contribution in [0.3, 0.4) is 0 Å². The molecule has 0 atom stereocenters. The first kappa shape index (κ1) is 12.1. The Morgan fingerprint density at radius 3 is 2.84 bits per heavy atom. The minimum atomic E-state index is 0.343. The Hall–Kier alpha value is -1.99. The average Bonchev–Trinajstić information content (AvgIpc) is 2.98. The summed E-state index contributed by atoms with van der Waals surface area (Å²) >= 11 is 6.98. The number of halogens is 1. The van der Waals surface area contributed by atoms with Crippen LogP contribution in [-0.4, -0.2) is 19.5 Å². The van der Waals surface area contributed by atoms with Gasteiger partial charge in [-0.15, -0.1) is 0 Å². The van der Waals surface area contributed by atoms with Crippen LogP contribution >= 0.6 is 23.1 Å². The van der Waals surface area contributed by atoms with Crippen LogP contribution in [0.1, 0.15) is 5.69 Å². The van der Waals surface area contributed by atoms with Crippen molar-refractivity contribution in [2.75, 3.05) is 5.73 Å². The molecule has 3 heterocycles. The highest BCUT2D eigenvalue weighted by Crippen LogP contribution is 2.31. The molecule has 0 aromatic carbocycles. The molecule has 3 aromatic rings. The van der Waals surface area contributed by atoms with E-state index in [1.807, 2.05) is 6.92 Å². The molecule has 3 rings (SSSR count). The highest BCUT2D eigenvalue weighted by Gasteiger charge is 2.18. The van der Waals surface area contributed by atoms with Crippen LogP contribution in [-0.2, 0) is 0 Å². The van der Waals surface area contributed by atoms with Gasteiger partial charge in [0, 0.05) is 6.20 Å². The molecule has 0 fully saturated rings. The second kappa shape index (κ2) is 4.60. The first-order valence-corrected chi connectivity index (χ1v) is 6.48. The van der Waals surface area contributed by atoms with Crippen LogP contribution in [0.2, 0.25) is 5.02 Å². The van der Waals surface area contributed by atoms with E-state index in [1.165, 1.54) is 17.7 Å². The molecule has 6 nitrogen and oxygen atoms in total. The number of anilines is 1. The average molecular weight is 294 g/mol. The van der Waals surface area contributed by atoms with E-state index in [4.69, 9.17) is 21.9 Å². The van der Waals surface area contributed by atoms with Crippen molar-refractivity contribution in [3.8, 4) is 23.0 Å². The van der Waals surface area contributed by atoms with Crippen molar-refractivity contribution in [2.24, 2.45) is 0 Å². The summed E-state index contributed by atoms with van der Waals surface area (Å²) in [5, 5.41) is 4.99. The number of rotatable bonds is 2. The number of aryl methyl sites for hydroxylation is 1. The normalized spacial score (nSPS) is 10.8. The molecule has 0 saturated carbocycles. The smallest absolute Gasteiger partial charge is 0.263 e. The lowest BCUT2D eigenvalue weighted by molar-refractivity contribution is 0.432. The van der Waals surface area contributed by atoms with Gasteiger partial charge in [-0.1, -0.05) is 16.8 Å². The van der Waals surface area contributed by atoms with Gasteiger partial charge in [-0.05, 0) is 30.6 Å². The summed E-state index contributed by atoms with van der Waals surface area (Å²) in [5.74, 6) is 0.729. The molecular weight excluding hydrogens is 286 g/mol. The molecule has 0 saturated heterocycles. The van der Waals surface area contributed by atoms with E-state index in [-0.39, 0.29) is 0 Å². The van der Waals surface area contributed by atoms with E-state index < -0.39 is 0 Å². The molecule has 0 bridgehead atoms. The van der Waals surface area contributed by atoms with E-state index in [2.05, 4.69) is 19.5 Å². The summed E-state index contributed by atoms with van der Waals surface area (Å²) in [6.07, 6.45) is 1.53. The van der Waals surface area contributed by atoms with Crippen molar-refractivity contribution in [2.45, 2.75) is 6.92 Å². The standard InChI is InChI=1S/C11H8ClN5OS/c1-5-8(9(13)19-17-5)11-15-10(16-18-11)7-3-2-6(12)4-14-7/h2-4H,13H2,1H3.